The molecular formula is C20H24N2O4S. The van der Waals surface area contributed by atoms with E-state index in [0.29, 0.717) is 12.1 Å². The first-order valence-electron chi connectivity index (χ1n) is 8.86. The van der Waals surface area contributed by atoms with Gasteiger partial charge in [-0.1, -0.05) is 61.9 Å². The average molecular weight is 388 g/mol. The first kappa shape index (κ1) is 20.6. The lowest BCUT2D eigenvalue weighted by atomic mass is 10.1. The lowest BCUT2D eigenvalue weighted by molar-refractivity contribution is -0.139. The molecule has 0 aliphatic heterocycles. The normalized spacial score (nSPS) is 12.2. The van der Waals surface area contributed by atoms with Crippen LogP contribution in [0, 0.1) is 0 Å². The van der Waals surface area contributed by atoms with Crippen molar-refractivity contribution in [1.82, 2.24) is 10.6 Å². The molecule has 0 saturated heterocycles. The second kappa shape index (κ2) is 9.87. The lowest BCUT2D eigenvalue weighted by Gasteiger charge is -2.19. The fourth-order valence-electron chi connectivity index (χ4n) is 2.57. The van der Waals surface area contributed by atoms with Gasteiger partial charge in [-0.15, -0.1) is 0 Å². The summed E-state index contributed by atoms with van der Waals surface area (Å²) in [6.07, 6.45) is 1.67. The van der Waals surface area contributed by atoms with Crippen molar-refractivity contribution in [3.8, 4) is 0 Å². The predicted octanol–water partition coefficient (Wildman–Crippen LogP) is 2.23. The van der Waals surface area contributed by atoms with Crippen LogP contribution in [0.25, 0.3) is 0 Å². The molecule has 2 N–H and O–H groups in total. The van der Waals surface area contributed by atoms with Gasteiger partial charge in [0.1, 0.15) is 5.25 Å². The average Bonchev–Trinajstić information content (AvgIpc) is 2.69. The third-order valence-electron chi connectivity index (χ3n) is 4.09. The monoisotopic (exact) mass is 388 g/mol. The molecule has 0 aromatic heterocycles. The number of rotatable bonds is 8. The van der Waals surface area contributed by atoms with Crippen LogP contribution < -0.4 is 10.6 Å². The van der Waals surface area contributed by atoms with Crippen LogP contribution in [0.1, 0.15) is 30.6 Å². The van der Waals surface area contributed by atoms with Gasteiger partial charge in [0.05, 0.1) is 4.90 Å². The molecule has 2 aromatic carbocycles. The number of hydrogen-bond donors (Lipinski definition) is 2. The van der Waals surface area contributed by atoms with Crippen molar-refractivity contribution in [3.05, 3.63) is 66.2 Å². The van der Waals surface area contributed by atoms with Crippen molar-refractivity contribution in [2.45, 2.75) is 29.9 Å². The Balaban J connectivity index is 2.18. The molecule has 0 aliphatic carbocycles. The van der Waals surface area contributed by atoms with Crippen molar-refractivity contribution in [1.29, 1.82) is 0 Å². The molecule has 2 rings (SSSR count). The lowest BCUT2D eigenvalue weighted by Crippen LogP contribution is -2.42. The summed E-state index contributed by atoms with van der Waals surface area (Å²) in [5, 5.41) is 3.98. The fraction of sp³-hybridized carbons (Fsp3) is 0.300. The first-order chi connectivity index (χ1) is 13.0. The molecule has 0 fully saturated rings. The molecule has 0 bridgehead atoms. The number of amides is 2. The van der Waals surface area contributed by atoms with E-state index >= 15 is 0 Å². The van der Waals surface area contributed by atoms with Gasteiger partial charge in [0.15, 0.2) is 9.84 Å². The summed E-state index contributed by atoms with van der Waals surface area (Å²) in [6.45, 7) is 2.19. The van der Waals surface area contributed by atoms with Gasteiger partial charge in [0, 0.05) is 13.1 Å². The van der Waals surface area contributed by atoms with E-state index in [2.05, 4.69) is 10.6 Å². The molecule has 0 unspecified atom stereocenters. The number of nitrogens with one attached hydrogen (secondary N) is 2. The maximum atomic E-state index is 13.1. The van der Waals surface area contributed by atoms with E-state index in [4.69, 9.17) is 0 Å². The number of sulfone groups is 1. The number of carbonyl (C=O) groups is 2. The van der Waals surface area contributed by atoms with Crippen molar-refractivity contribution in [2.24, 2.45) is 0 Å². The van der Waals surface area contributed by atoms with Gasteiger partial charge in [-0.25, -0.2) is 8.42 Å². The SMILES string of the molecule is CCCCNC(=O)C(=O)NC[C@H](c1ccccc1)S(=O)(=O)c1ccccc1. The van der Waals surface area contributed by atoms with Gasteiger partial charge in [-0.05, 0) is 24.1 Å². The van der Waals surface area contributed by atoms with E-state index < -0.39 is 26.9 Å². The summed E-state index contributed by atoms with van der Waals surface area (Å²) < 4.78 is 26.1. The minimum Gasteiger partial charge on any atom is -0.348 e. The smallest absolute Gasteiger partial charge is 0.309 e. The molecule has 7 heteroatoms. The van der Waals surface area contributed by atoms with Gasteiger partial charge in [-0.3, -0.25) is 9.59 Å². The second-order valence-corrected chi connectivity index (χ2v) is 8.21. The zero-order valence-corrected chi connectivity index (χ0v) is 16.0. The minimum absolute atomic E-state index is 0.167. The molecule has 0 aliphatic rings. The highest BCUT2D eigenvalue weighted by Crippen LogP contribution is 2.28. The first-order valence-corrected chi connectivity index (χ1v) is 10.4. The summed E-state index contributed by atoms with van der Waals surface area (Å²) in [5.41, 5.74) is 0.549. The van der Waals surface area contributed by atoms with Crippen LogP contribution in [0.15, 0.2) is 65.6 Å². The van der Waals surface area contributed by atoms with Crippen LogP contribution in [0.3, 0.4) is 0 Å². The standard InChI is InChI=1S/C20H24N2O4S/c1-2-3-14-21-19(23)20(24)22-15-18(16-10-6-4-7-11-16)27(25,26)17-12-8-5-9-13-17/h4-13,18H,2-3,14-15H2,1H3,(H,21,23)(H,22,24)/t18-/m1/s1. The topological polar surface area (TPSA) is 92.3 Å². The summed E-state index contributed by atoms with van der Waals surface area (Å²) in [7, 11) is -3.74. The van der Waals surface area contributed by atoms with Gasteiger partial charge < -0.3 is 10.6 Å². The Labute approximate surface area is 159 Å². The summed E-state index contributed by atoms with van der Waals surface area (Å²) >= 11 is 0. The zero-order chi connectivity index (χ0) is 19.7. The van der Waals surface area contributed by atoms with Gasteiger partial charge in [0.25, 0.3) is 0 Å². The number of unbranched alkanes of at least 4 members (excludes halogenated alkanes) is 1. The Kier molecular flexibility index (Phi) is 7.55. The molecule has 27 heavy (non-hydrogen) atoms. The summed E-state index contributed by atoms with van der Waals surface area (Å²) in [4.78, 5) is 24.0. The van der Waals surface area contributed by atoms with E-state index in [1.165, 1.54) is 12.1 Å². The maximum Gasteiger partial charge on any atom is 0.309 e. The van der Waals surface area contributed by atoms with Crippen LogP contribution in [0.4, 0.5) is 0 Å². The van der Waals surface area contributed by atoms with E-state index in [9.17, 15) is 18.0 Å². The Hall–Kier alpha value is -2.67. The van der Waals surface area contributed by atoms with E-state index in [-0.39, 0.29) is 11.4 Å². The van der Waals surface area contributed by atoms with Crippen LogP contribution in [0.5, 0.6) is 0 Å². The molecular weight excluding hydrogens is 364 g/mol. The third-order valence-corrected chi connectivity index (χ3v) is 6.20. The minimum atomic E-state index is -3.74. The fourth-order valence-corrected chi connectivity index (χ4v) is 4.26. The highest BCUT2D eigenvalue weighted by molar-refractivity contribution is 7.91. The molecule has 0 saturated carbocycles. The Bertz CT molecular complexity index is 852. The molecule has 1 atom stereocenters. The largest absolute Gasteiger partial charge is 0.348 e. The molecule has 6 nitrogen and oxygen atoms in total. The third kappa shape index (κ3) is 5.65. The second-order valence-electron chi connectivity index (χ2n) is 6.08. The van der Waals surface area contributed by atoms with Crippen LogP contribution >= 0.6 is 0 Å². The maximum absolute atomic E-state index is 13.1. The van der Waals surface area contributed by atoms with Gasteiger partial charge >= 0.3 is 11.8 Å². The number of benzene rings is 2. The van der Waals surface area contributed by atoms with E-state index in [1.54, 1.807) is 48.5 Å². The Morgan fingerprint density at radius 3 is 2.04 bits per heavy atom. The Morgan fingerprint density at radius 1 is 0.889 bits per heavy atom. The quantitative estimate of drug-likeness (QED) is 0.536. The van der Waals surface area contributed by atoms with E-state index in [1.807, 2.05) is 6.92 Å². The summed E-state index contributed by atoms with van der Waals surface area (Å²) in [5.74, 6) is -1.59. The van der Waals surface area contributed by atoms with Crippen molar-refractivity contribution in [2.75, 3.05) is 13.1 Å². The van der Waals surface area contributed by atoms with Crippen molar-refractivity contribution >= 4 is 21.7 Å². The van der Waals surface area contributed by atoms with Crippen molar-refractivity contribution < 1.29 is 18.0 Å². The zero-order valence-electron chi connectivity index (χ0n) is 15.2. The highest BCUT2D eigenvalue weighted by Gasteiger charge is 2.30. The highest BCUT2D eigenvalue weighted by atomic mass is 32.2. The molecule has 0 spiro atoms. The van der Waals surface area contributed by atoms with Crippen LogP contribution in [-0.4, -0.2) is 33.3 Å². The van der Waals surface area contributed by atoms with E-state index in [0.717, 1.165) is 12.8 Å². The van der Waals surface area contributed by atoms with Crippen molar-refractivity contribution in [3.63, 3.8) is 0 Å². The van der Waals surface area contributed by atoms with Crippen LogP contribution in [-0.2, 0) is 19.4 Å². The molecule has 144 valence electrons. The molecule has 2 amide bonds. The molecule has 2 aromatic rings. The molecule has 0 radical (unpaired) electrons. The number of carbonyl (C=O) groups excluding carboxylic acids is 2. The van der Waals surface area contributed by atoms with Crippen LogP contribution in [0.2, 0.25) is 0 Å². The van der Waals surface area contributed by atoms with Gasteiger partial charge in [0.2, 0.25) is 0 Å². The Morgan fingerprint density at radius 2 is 1.44 bits per heavy atom. The predicted molar refractivity (Wildman–Crippen MR) is 104 cm³/mol. The van der Waals surface area contributed by atoms with Gasteiger partial charge in [-0.2, -0.15) is 0 Å². The number of hydrogen-bond acceptors (Lipinski definition) is 4. The molecule has 0 heterocycles. The summed E-state index contributed by atoms with van der Waals surface area (Å²) in [6, 6.07) is 16.7.